The standard InChI is InChI=1S/C16H23ClN4O2/c1-10(2)19-15(22)13-4-3-12(7-14(13)17)20-16(23)21-6-5-11(8-18)9-21/h3-4,7,10-11H,5-6,8-9,18H2,1-2H3,(H,19,22)(H,20,23). The van der Waals surface area contributed by atoms with E-state index in [2.05, 4.69) is 10.6 Å². The quantitative estimate of drug-likeness (QED) is 0.787. The maximum atomic E-state index is 12.2. The van der Waals surface area contributed by atoms with Crippen molar-refractivity contribution in [2.75, 3.05) is 25.0 Å². The lowest BCUT2D eigenvalue weighted by atomic mass is 10.1. The van der Waals surface area contributed by atoms with Crippen LogP contribution in [0, 0.1) is 5.92 Å². The molecule has 1 aliphatic heterocycles. The highest BCUT2D eigenvalue weighted by molar-refractivity contribution is 6.34. The van der Waals surface area contributed by atoms with Crippen LogP contribution in [-0.2, 0) is 0 Å². The molecule has 0 aliphatic carbocycles. The third-order valence-electron chi connectivity index (χ3n) is 3.79. The Bertz CT molecular complexity index is 591. The number of urea groups is 1. The van der Waals surface area contributed by atoms with E-state index in [1.54, 1.807) is 23.1 Å². The van der Waals surface area contributed by atoms with Crippen molar-refractivity contribution >= 4 is 29.2 Å². The zero-order valence-electron chi connectivity index (χ0n) is 13.4. The summed E-state index contributed by atoms with van der Waals surface area (Å²) in [5, 5.41) is 5.90. The Morgan fingerprint density at radius 1 is 1.43 bits per heavy atom. The van der Waals surface area contributed by atoms with Crippen molar-refractivity contribution in [1.82, 2.24) is 10.2 Å². The van der Waals surface area contributed by atoms with Crippen LogP contribution >= 0.6 is 11.6 Å². The lowest BCUT2D eigenvalue weighted by Gasteiger charge is -2.17. The van der Waals surface area contributed by atoms with Gasteiger partial charge in [0.2, 0.25) is 0 Å². The fourth-order valence-corrected chi connectivity index (χ4v) is 2.80. The van der Waals surface area contributed by atoms with Gasteiger partial charge < -0.3 is 21.3 Å². The maximum absolute atomic E-state index is 12.2. The van der Waals surface area contributed by atoms with E-state index in [0.29, 0.717) is 41.8 Å². The first-order valence-electron chi connectivity index (χ1n) is 7.77. The van der Waals surface area contributed by atoms with Crippen molar-refractivity contribution in [3.05, 3.63) is 28.8 Å². The summed E-state index contributed by atoms with van der Waals surface area (Å²) in [6.45, 7) is 5.73. The topological polar surface area (TPSA) is 87.5 Å². The zero-order chi connectivity index (χ0) is 17.0. The highest BCUT2D eigenvalue weighted by Crippen LogP contribution is 2.22. The van der Waals surface area contributed by atoms with E-state index in [0.717, 1.165) is 6.42 Å². The number of amides is 3. The summed E-state index contributed by atoms with van der Waals surface area (Å²) in [5.41, 5.74) is 6.59. The molecule has 4 N–H and O–H groups in total. The first-order valence-corrected chi connectivity index (χ1v) is 8.15. The van der Waals surface area contributed by atoms with Gasteiger partial charge in [-0.3, -0.25) is 4.79 Å². The molecule has 3 amide bonds. The molecule has 1 aromatic rings. The smallest absolute Gasteiger partial charge is 0.321 e. The number of likely N-dealkylation sites (tertiary alicyclic amines) is 1. The van der Waals surface area contributed by atoms with Crippen molar-refractivity contribution in [3.8, 4) is 0 Å². The van der Waals surface area contributed by atoms with Gasteiger partial charge in [0.15, 0.2) is 0 Å². The first kappa shape index (κ1) is 17.6. The van der Waals surface area contributed by atoms with Crippen LogP contribution in [-0.4, -0.2) is 42.5 Å². The van der Waals surface area contributed by atoms with Crippen LogP contribution in [0.2, 0.25) is 5.02 Å². The fourth-order valence-electron chi connectivity index (χ4n) is 2.53. The van der Waals surface area contributed by atoms with Gasteiger partial charge in [-0.2, -0.15) is 0 Å². The summed E-state index contributed by atoms with van der Waals surface area (Å²) in [6.07, 6.45) is 0.930. The summed E-state index contributed by atoms with van der Waals surface area (Å²) < 4.78 is 0. The molecule has 2 rings (SSSR count). The average Bonchev–Trinajstić information content (AvgIpc) is 2.95. The monoisotopic (exact) mass is 338 g/mol. The van der Waals surface area contributed by atoms with Gasteiger partial charge >= 0.3 is 6.03 Å². The Balaban J connectivity index is 2.00. The highest BCUT2D eigenvalue weighted by atomic mass is 35.5. The molecule has 0 radical (unpaired) electrons. The van der Waals surface area contributed by atoms with Gasteiger partial charge in [-0.25, -0.2) is 4.79 Å². The fraction of sp³-hybridized carbons (Fsp3) is 0.500. The highest BCUT2D eigenvalue weighted by Gasteiger charge is 2.25. The Morgan fingerprint density at radius 3 is 2.74 bits per heavy atom. The van der Waals surface area contributed by atoms with Gasteiger partial charge in [-0.1, -0.05) is 11.6 Å². The third-order valence-corrected chi connectivity index (χ3v) is 4.10. The number of hydrogen-bond donors (Lipinski definition) is 3. The summed E-state index contributed by atoms with van der Waals surface area (Å²) in [4.78, 5) is 25.9. The van der Waals surface area contributed by atoms with Crippen LogP contribution in [0.3, 0.4) is 0 Å². The van der Waals surface area contributed by atoms with Crippen molar-refractivity contribution in [2.45, 2.75) is 26.3 Å². The van der Waals surface area contributed by atoms with Gasteiger partial charge in [-0.05, 0) is 50.9 Å². The molecule has 0 aromatic heterocycles. The minimum absolute atomic E-state index is 0.0311. The van der Waals surface area contributed by atoms with Crippen LogP contribution in [0.25, 0.3) is 0 Å². The molecule has 0 bridgehead atoms. The number of nitrogens with zero attached hydrogens (tertiary/aromatic N) is 1. The van der Waals surface area contributed by atoms with Gasteiger partial charge in [0.05, 0.1) is 10.6 Å². The van der Waals surface area contributed by atoms with Crippen LogP contribution < -0.4 is 16.4 Å². The number of nitrogens with one attached hydrogen (secondary N) is 2. The van der Waals surface area contributed by atoms with Gasteiger partial charge in [0.1, 0.15) is 0 Å². The van der Waals surface area contributed by atoms with Crippen molar-refractivity contribution < 1.29 is 9.59 Å². The molecule has 1 aliphatic rings. The number of benzene rings is 1. The number of nitrogens with two attached hydrogens (primary N) is 1. The number of halogens is 1. The van der Waals surface area contributed by atoms with E-state index in [4.69, 9.17) is 17.3 Å². The molecule has 1 unspecified atom stereocenters. The van der Waals surface area contributed by atoms with E-state index in [-0.39, 0.29) is 18.0 Å². The molecule has 7 heteroatoms. The number of rotatable bonds is 4. The summed E-state index contributed by atoms with van der Waals surface area (Å²) in [7, 11) is 0. The Kier molecular flexibility index (Phi) is 5.85. The maximum Gasteiger partial charge on any atom is 0.321 e. The van der Waals surface area contributed by atoms with Crippen LogP contribution in [0.5, 0.6) is 0 Å². The summed E-state index contributed by atoms with van der Waals surface area (Å²) in [6, 6.07) is 4.74. The number of hydrogen-bond acceptors (Lipinski definition) is 3. The minimum atomic E-state index is -0.229. The van der Waals surface area contributed by atoms with Crippen LogP contribution in [0.4, 0.5) is 10.5 Å². The lowest BCUT2D eigenvalue weighted by Crippen LogP contribution is -2.33. The molecular weight excluding hydrogens is 316 g/mol. The molecule has 1 atom stereocenters. The molecule has 1 fully saturated rings. The van der Waals surface area contributed by atoms with E-state index in [1.165, 1.54) is 0 Å². The molecule has 1 saturated heterocycles. The second-order valence-electron chi connectivity index (χ2n) is 6.09. The third kappa shape index (κ3) is 4.59. The Hall–Kier alpha value is -1.79. The molecule has 126 valence electrons. The lowest BCUT2D eigenvalue weighted by molar-refractivity contribution is 0.0943. The Morgan fingerprint density at radius 2 is 2.17 bits per heavy atom. The number of carbonyl (C=O) groups excluding carboxylic acids is 2. The second-order valence-corrected chi connectivity index (χ2v) is 6.50. The number of anilines is 1. The largest absolute Gasteiger partial charge is 0.350 e. The van der Waals surface area contributed by atoms with E-state index in [9.17, 15) is 9.59 Å². The SMILES string of the molecule is CC(C)NC(=O)c1ccc(NC(=O)N2CCC(CN)C2)cc1Cl. The number of carbonyl (C=O) groups is 2. The van der Waals surface area contributed by atoms with Gasteiger partial charge in [0.25, 0.3) is 5.91 Å². The Labute approximate surface area is 141 Å². The zero-order valence-corrected chi connectivity index (χ0v) is 14.2. The first-order chi connectivity index (χ1) is 10.9. The van der Waals surface area contributed by atoms with Crippen LogP contribution in [0.15, 0.2) is 18.2 Å². The summed E-state index contributed by atoms with van der Waals surface area (Å²) in [5.74, 6) is 0.139. The predicted molar refractivity (Wildman–Crippen MR) is 91.8 cm³/mol. The van der Waals surface area contributed by atoms with Crippen LogP contribution in [0.1, 0.15) is 30.6 Å². The van der Waals surface area contributed by atoms with Crippen molar-refractivity contribution in [3.63, 3.8) is 0 Å². The second kappa shape index (κ2) is 7.66. The van der Waals surface area contributed by atoms with Gasteiger partial charge in [0, 0.05) is 24.8 Å². The molecule has 1 aromatic carbocycles. The molecular formula is C16H23ClN4O2. The van der Waals surface area contributed by atoms with Gasteiger partial charge in [-0.15, -0.1) is 0 Å². The molecule has 0 saturated carbocycles. The molecule has 23 heavy (non-hydrogen) atoms. The normalized spacial score (nSPS) is 17.4. The molecule has 6 nitrogen and oxygen atoms in total. The molecule has 0 spiro atoms. The van der Waals surface area contributed by atoms with E-state index >= 15 is 0 Å². The van der Waals surface area contributed by atoms with Crippen molar-refractivity contribution in [1.29, 1.82) is 0 Å². The van der Waals surface area contributed by atoms with E-state index in [1.807, 2.05) is 13.8 Å². The van der Waals surface area contributed by atoms with E-state index < -0.39 is 0 Å². The average molecular weight is 339 g/mol. The van der Waals surface area contributed by atoms with Crippen molar-refractivity contribution in [2.24, 2.45) is 11.7 Å². The minimum Gasteiger partial charge on any atom is -0.350 e. The predicted octanol–water partition coefficient (Wildman–Crippen LogP) is 2.29. The molecule has 1 heterocycles. The summed E-state index contributed by atoms with van der Waals surface area (Å²) >= 11 is 6.15.